The summed E-state index contributed by atoms with van der Waals surface area (Å²) in [5.74, 6) is 2.40. The van der Waals surface area contributed by atoms with Gasteiger partial charge in [-0.15, -0.1) is 11.3 Å². The molecule has 2 aromatic rings. The fourth-order valence-electron chi connectivity index (χ4n) is 4.52. The van der Waals surface area contributed by atoms with E-state index in [0.717, 1.165) is 47.7 Å². The topological polar surface area (TPSA) is 55.2 Å². The Bertz CT molecular complexity index is 765. The quantitative estimate of drug-likeness (QED) is 0.792. The second-order valence-electron chi connectivity index (χ2n) is 8.49. The first-order valence-corrected chi connectivity index (χ1v) is 11.0. The lowest BCUT2D eigenvalue weighted by Crippen LogP contribution is -2.23. The van der Waals surface area contributed by atoms with Gasteiger partial charge in [-0.05, 0) is 75.2 Å². The largest absolute Gasteiger partial charge is 0.474 e. The molecule has 1 N–H and O–H groups in total. The van der Waals surface area contributed by atoms with Gasteiger partial charge in [-0.25, -0.2) is 9.97 Å². The van der Waals surface area contributed by atoms with Crippen LogP contribution >= 0.6 is 11.3 Å². The molecule has 0 spiro atoms. The lowest BCUT2D eigenvalue weighted by Gasteiger charge is -2.27. The number of ether oxygens (including phenoxy) is 1. The molecule has 3 atom stereocenters. The molecule has 5 heteroatoms. The highest BCUT2D eigenvalue weighted by atomic mass is 32.1. The van der Waals surface area contributed by atoms with Gasteiger partial charge in [0.1, 0.15) is 17.3 Å². The molecule has 0 radical (unpaired) electrons. The molecule has 1 fully saturated rings. The Morgan fingerprint density at radius 1 is 1.19 bits per heavy atom. The number of nitrogens with zero attached hydrogens (tertiary/aromatic N) is 2. The van der Waals surface area contributed by atoms with Crippen molar-refractivity contribution in [1.82, 2.24) is 9.97 Å². The van der Waals surface area contributed by atoms with Crippen molar-refractivity contribution in [3.8, 4) is 5.88 Å². The Kier molecular flexibility index (Phi) is 5.20. The van der Waals surface area contributed by atoms with Crippen molar-refractivity contribution in [2.75, 3.05) is 0 Å². The third-order valence-electron chi connectivity index (χ3n) is 6.42. The zero-order valence-corrected chi connectivity index (χ0v) is 16.9. The standard InChI is InChI=1S/C21H30N2O2S/c1-12-4-7-16(8-5-12)25-20-19-18-15(10-13(2)14(3)24)6-9-17(18)26-21(19)23-11-22-20/h11-16,24H,4-10H2,1-3H3. The predicted molar refractivity (Wildman–Crippen MR) is 106 cm³/mol. The maximum absolute atomic E-state index is 9.94. The van der Waals surface area contributed by atoms with Gasteiger partial charge in [0.05, 0.1) is 11.5 Å². The second-order valence-corrected chi connectivity index (χ2v) is 9.57. The zero-order valence-electron chi connectivity index (χ0n) is 16.1. The van der Waals surface area contributed by atoms with Gasteiger partial charge in [0.25, 0.3) is 0 Å². The highest BCUT2D eigenvalue weighted by Crippen LogP contribution is 2.48. The first-order chi connectivity index (χ1) is 12.5. The van der Waals surface area contributed by atoms with Crippen molar-refractivity contribution >= 4 is 21.6 Å². The van der Waals surface area contributed by atoms with Crippen LogP contribution in [0.3, 0.4) is 0 Å². The maximum Gasteiger partial charge on any atom is 0.225 e. The molecule has 0 bridgehead atoms. The molecule has 2 aromatic heterocycles. The van der Waals surface area contributed by atoms with E-state index in [1.165, 1.54) is 29.7 Å². The molecule has 2 aliphatic rings. The van der Waals surface area contributed by atoms with E-state index in [4.69, 9.17) is 4.74 Å². The molecule has 26 heavy (non-hydrogen) atoms. The Morgan fingerprint density at radius 3 is 2.69 bits per heavy atom. The number of aliphatic hydroxyl groups excluding tert-OH is 1. The average Bonchev–Trinajstić information content (AvgIpc) is 3.17. The minimum absolute atomic E-state index is 0.264. The Morgan fingerprint density at radius 2 is 1.96 bits per heavy atom. The van der Waals surface area contributed by atoms with Crippen LogP contribution < -0.4 is 4.74 Å². The normalized spacial score (nSPS) is 28.1. The number of aromatic nitrogens is 2. The molecule has 3 unspecified atom stereocenters. The minimum Gasteiger partial charge on any atom is -0.474 e. The highest BCUT2D eigenvalue weighted by Gasteiger charge is 2.32. The first kappa shape index (κ1) is 18.2. The number of thiophene rings is 1. The molecule has 142 valence electrons. The van der Waals surface area contributed by atoms with E-state index in [9.17, 15) is 5.11 Å². The van der Waals surface area contributed by atoms with E-state index < -0.39 is 0 Å². The van der Waals surface area contributed by atoms with Crippen LogP contribution in [0.5, 0.6) is 5.88 Å². The summed E-state index contributed by atoms with van der Waals surface area (Å²) in [5.41, 5.74) is 1.41. The molecule has 0 saturated heterocycles. The monoisotopic (exact) mass is 374 g/mol. The molecule has 4 rings (SSSR count). The summed E-state index contributed by atoms with van der Waals surface area (Å²) in [5, 5.41) is 11.1. The van der Waals surface area contributed by atoms with Crippen LogP contribution in [0.2, 0.25) is 0 Å². The first-order valence-electron chi connectivity index (χ1n) is 10.1. The molecule has 2 heterocycles. The molecule has 0 aromatic carbocycles. The molecule has 4 nitrogen and oxygen atoms in total. The van der Waals surface area contributed by atoms with Crippen LogP contribution in [-0.2, 0) is 6.42 Å². The molecule has 1 saturated carbocycles. The lowest BCUT2D eigenvalue weighted by molar-refractivity contribution is 0.125. The Balaban J connectivity index is 1.63. The summed E-state index contributed by atoms with van der Waals surface area (Å²) in [4.78, 5) is 11.6. The van der Waals surface area contributed by atoms with Gasteiger partial charge in [0, 0.05) is 4.88 Å². The van der Waals surface area contributed by atoms with Gasteiger partial charge in [-0.2, -0.15) is 0 Å². The maximum atomic E-state index is 9.94. The van der Waals surface area contributed by atoms with Gasteiger partial charge in [0.2, 0.25) is 5.88 Å². The van der Waals surface area contributed by atoms with Gasteiger partial charge >= 0.3 is 0 Å². The average molecular weight is 375 g/mol. The van der Waals surface area contributed by atoms with Crippen LogP contribution in [0.15, 0.2) is 6.33 Å². The van der Waals surface area contributed by atoms with E-state index in [0.29, 0.717) is 11.8 Å². The molecule has 2 aliphatic carbocycles. The molecular weight excluding hydrogens is 344 g/mol. The summed E-state index contributed by atoms with van der Waals surface area (Å²) in [7, 11) is 0. The van der Waals surface area contributed by atoms with Crippen molar-refractivity contribution < 1.29 is 9.84 Å². The van der Waals surface area contributed by atoms with E-state index in [1.54, 1.807) is 6.33 Å². The second kappa shape index (κ2) is 7.43. The summed E-state index contributed by atoms with van der Waals surface area (Å²) >= 11 is 1.81. The number of aryl methyl sites for hydroxylation is 1. The van der Waals surface area contributed by atoms with Crippen LogP contribution in [0.25, 0.3) is 10.2 Å². The van der Waals surface area contributed by atoms with Gasteiger partial charge in [0.15, 0.2) is 0 Å². The summed E-state index contributed by atoms with van der Waals surface area (Å²) in [6.07, 6.45) is 9.73. The lowest BCUT2D eigenvalue weighted by atomic mass is 9.88. The van der Waals surface area contributed by atoms with E-state index >= 15 is 0 Å². The van der Waals surface area contributed by atoms with Crippen molar-refractivity contribution in [2.45, 2.75) is 83.8 Å². The van der Waals surface area contributed by atoms with Crippen molar-refractivity contribution in [2.24, 2.45) is 11.8 Å². The third-order valence-corrected chi connectivity index (χ3v) is 7.59. The summed E-state index contributed by atoms with van der Waals surface area (Å²) < 4.78 is 6.41. The van der Waals surface area contributed by atoms with E-state index in [2.05, 4.69) is 23.8 Å². The number of rotatable bonds is 5. The van der Waals surface area contributed by atoms with Gasteiger partial charge in [-0.1, -0.05) is 13.8 Å². The van der Waals surface area contributed by atoms with Crippen LogP contribution in [0.4, 0.5) is 0 Å². The van der Waals surface area contributed by atoms with Gasteiger partial charge in [-0.3, -0.25) is 0 Å². The number of hydrogen-bond donors (Lipinski definition) is 1. The smallest absolute Gasteiger partial charge is 0.225 e. The highest BCUT2D eigenvalue weighted by molar-refractivity contribution is 7.19. The zero-order chi connectivity index (χ0) is 18.3. The molecule has 0 aliphatic heterocycles. The van der Waals surface area contributed by atoms with Gasteiger partial charge < -0.3 is 9.84 Å². The fraction of sp³-hybridized carbons (Fsp3) is 0.714. The predicted octanol–water partition coefficient (Wildman–Crippen LogP) is 5.09. The van der Waals surface area contributed by atoms with Crippen molar-refractivity contribution in [1.29, 1.82) is 0 Å². The third kappa shape index (κ3) is 3.48. The van der Waals surface area contributed by atoms with E-state index in [1.807, 2.05) is 18.3 Å². The summed E-state index contributed by atoms with van der Waals surface area (Å²) in [6, 6.07) is 0. The van der Waals surface area contributed by atoms with Crippen molar-refractivity contribution in [3.63, 3.8) is 0 Å². The molecular formula is C21H30N2O2S. The van der Waals surface area contributed by atoms with Crippen LogP contribution in [0.1, 0.15) is 75.7 Å². The number of aliphatic hydroxyl groups is 1. The minimum atomic E-state index is -0.264. The van der Waals surface area contributed by atoms with Crippen LogP contribution in [-0.4, -0.2) is 27.3 Å². The van der Waals surface area contributed by atoms with Crippen LogP contribution in [0, 0.1) is 11.8 Å². The van der Waals surface area contributed by atoms with Crippen molar-refractivity contribution in [3.05, 3.63) is 16.8 Å². The fourth-order valence-corrected chi connectivity index (χ4v) is 5.75. The Labute approximate surface area is 160 Å². The SMILES string of the molecule is CC1CCC(Oc2ncnc3sc4c(c23)C(CC(C)C(C)O)CC4)CC1. The van der Waals surface area contributed by atoms with E-state index in [-0.39, 0.29) is 12.2 Å². The molecule has 0 amide bonds. The number of fused-ring (bicyclic) bond motifs is 3. The number of hydrogen-bond acceptors (Lipinski definition) is 5. The Hall–Kier alpha value is -1.20. The summed E-state index contributed by atoms with van der Waals surface area (Å²) in [6.45, 7) is 6.38.